The predicted molar refractivity (Wildman–Crippen MR) is 77.7 cm³/mol. The molecule has 2 N–H and O–H groups in total. The monoisotopic (exact) mass is 295 g/mol. The number of nitrogens with two attached hydrogens (primary N) is 1. The van der Waals surface area contributed by atoms with Gasteiger partial charge in [-0.05, 0) is 23.6 Å². The minimum atomic E-state index is -0.331. The molecule has 2 aromatic rings. The summed E-state index contributed by atoms with van der Waals surface area (Å²) in [7, 11) is 1.57. The molecule has 0 amide bonds. The van der Waals surface area contributed by atoms with Gasteiger partial charge in [-0.2, -0.15) is 4.98 Å². The summed E-state index contributed by atoms with van der Waals surface area (Å²) in [5, 5.41) is 4.55. The fourth-order valence-corrected chi connectivity index (χ4v) is 1.85. The summed E-state index contributed by atoms with van der Waals surface area (Å²) in [6.45, 7) is 6.05. The number of hydrogen-bond donors (Lipinski definition) is 1. The normalized spacial score (nSPS) is 13.3. The molecule has 6 heteroatoms. The van der Waals surface area contributed by atoms with Crippen molar-refractivity contribution in [3.63, 3.8) is 0 Å². The minimum absolute atomic E-state index is 0.159. The Bertz CT molecular complexity index is 605. The molecule has 0 bridgehead atoms. The lowest BCUT2D eigenvalue weighted by Gasteiger charge is -2.23. The van der Waals surface area contributed by atoms with E-state index in [-0.39, 0.29) is 11.5 Å². The Balaban J connectivity index is 2.39. The standard InChI is InChI=1S/C14H18ClN3O2/c1-14(2,3)11(16)13-17-12(18-20-13)9-6-5-8(15)7-10(9)19-4/h5-7,11H,16H2,1-4H3/t11-/m0/s1. The fraction of sp³-hybridized carbons (Fsp3) is 0.429. The molecule has 0 aliphatic carbocycles. The number of rotatable bonds is 3. The van der Waals surface area contributed by atoms with Gasteiger partial charge in [0.25, 0.3) is 0 Å². The first-order chi connectivity index (χ1) is 9.32. The molecular formula is C14H18ClN3O2. The Morgan fingerprint density at radius 3 is 2.65 bits per heavy atom. The molecule has 5 nitrogen and oxygen atoms in total. The third kappa shape index (κ3) is 2.94. The summed E-state index contributed by atoms with van der Waals surface area (Å²) in [4.78, 5) is 4.36. The second-order valence-corrected chi connectivity index (χ2v) is 6.08. The van der Waals surface area contributed by atoms with Crippen LogP contribution in [0.25, 0.3) is 11.4 Å². The number of aromatic nitrogens is 2. The van der Waals surface area contributed by atoms with Crippen LogP contribution >= 0.6 is 11.6 Å². The quantitative estimate of drug-likeness (QED) is 0.939. The van der Waals surface area contributed by atoms with Crippen LogP contribution in [0.3, 0.4) is 0 Å². The molecule has 1 aromatic carbocycles. The zero-order valence-electron chi connectivity index (χ0n) is 12.0. The molecule has 0 spiro atoms. The summed E-state index contributed by atoms with van der Waals surface area (Å²) in [6, 6.07) is 4.91. The fourth-order valence-electron chi connectivity index (χ4n) is 1.69. The molecule has 108 valence electrons. The maximum atomic E-state index is 6.11. The Hall–Kier alpha value is -1.59. The maximum absolute atomic E-state index is 6.11. The third-order valence-corrected chi connectivity index (χ3v) is 3.28. The molecule has 0 aliphatic rings. The van der Waals surface area contributed by atoms with Crippen molar-refractivity contribution < 1.29 is 9.26 Å². The third-order valence-electron chi connectivity index (χ3n) is 3.05. The van der Waals surface area contributed by atoms with Crippen molar-refractivity contribution >= 4 is 11.6 Å². The highest BCUT2D eigenvalue weighted by molar-refractivity contribution is 6.30. The van der Waals surface area contributed by atoms with E-state index in [9.17, 15) is 0 Å². The highest BCUT2D eigenvalue weighted by Crippen LogP contribution is 2.33. The SMILES string of the molecule is COc1cc(Cl)ccc1-c1noc([C@H](N)C(C)(C)C)n1. The van der Waals surface area contributed by atoms with Gasteiger partial charge in [0, 0.05) is 5.02 Å². The van der Waals surface area contributed by atoms with E-state index in [0.29, 0.717) is 28.1 Å². The topological polar surface area (TPSA) is 74.2 Å². The second kappa shape index (κ2) is 5.42. The van der Waals surface area contributed by atoms with Gasteiger partial charge in [0.1, 0.15) is 5.75 Å². The lowest BCUT2D eigenvalue weighted by Crippen LogP contribution is -2.26. The molecule has 20 heavy (non-hydrogen) atoms. The number of benzene rings is 1. The van der Waals surface area contributed by atoms with Crippen LogP contribution in [0.5, 0.6) is 5.75 Å². The van der Waals surface area contributed by atoms with Gasteiger partial charge in [-0.15, -0.1) is 0 Å². The Morgan fingerprint density at radius 2 is 2.05 bits per heavy atom. The molecule has 0 radical (unpaired) electrons. The van der Waals surface area contributed by atoms with Gasteiger partial charge in [-0.1, -0.05) is 37.5 Å². The summed E-state index contributed by atoms with van der Waals surface area (Å²) >= 11 is 5.93. The van der Waals surface area contributed by atoms with Gasteiger partial charge in [0.15, 0.2) is 0 Å². The number of nitrogens with zero attached hydrogens (tertiary/aromatic N) is 2. The van der Waals surface area contributed by atoms with E-state index in [1.165, 1.54) is 0 Å². The largest absolute Gasteiger partial charge is 0.496 e. The molecule has 2 rings (SSSR count). The highest BCUT2D eigenvalue weighted by atomic mass is 35.5. The zero-order chi connectivity index (χ0) is 14.9. The molecule has 0 fully saturated rings. The molecule has 1 aromatic heterocycles. The Labute approximate surface area is 123 Å². The number of halogens is 1. The van der Waals surface area contributed by atoms with E-state index in [2.05, 4.69) is 10.1 Å². The smallest absolute Gasteiger partial charge is 0.244 e. The van der Waals surface area contributed by atoms with Gasteiger partial charge >= 0.3 is 0 Å². The maximum Gasteiger partial charge on any atom is 0.244 e. The van der Waals surface area contributed by atoms with Gasteiger partial charge in [-0.25, -0.2) is 0 Å². The molecule has 0 saturated heterocycles. The molecule has 1 atom stereocenters. The zero-order valence-corrected chi connectivity index (χ0v) is 12.7. The average molecular weight is 296 g/mol. The predicted octanol–water partition coefficient (Wildman–Crippen LogP) is 3.44. The van der Waals surface area contributed by atoms with E-state index in [4.69, 9.17) is 26.6 Å². The van der Waals surface area contributed by atoms with Crippen LogP contribution in [0.4, 0.5) is 0 Å². The van der Waals surface area contributed by atoms with Gasteiger partial charge in [0.2, 0.25) is 11.7 Å². The van der Waals surface area contributed by atoms with Crippen LogP contribution in [0.2, 0.25) is 5.02 Å². The number of methoxy groups -OCH3 is 1. The Kier molecular flexibility index (Phi) is 4.01. The van der Waals surface area contributed by atoms with Crippen LogP contribution in [0, 0.1) is 5.41 Å². The minimum Gasteiger partial charge on any atom is -0.496 e. The highest BCUT2D eigenvalue weighted by Gasteiger charge is 2.28. The first kappa shape index (κ1) is 14.8. The van der Waals surface area contributed by atoms with Crippen molar-refractivity contribution in [3.05, 3.63) is 29.1 Å². The summed E-state index contributed by atoms with van der Waals surface area (Å²) in [5.41, 5.74) is 6.67. The lowest BCUT2D eigenvalue weighted by molar-refractivity contribution is 0.253. The van der Waals surface area contributed by atoms with Crippen LogP contribution in [-0.4, -0.2) is 17.3 Å². The van der Waals surface area contributed by atoms with Gasteiger partial charge in [-0.3, -0.25) is 0 Å². The number of ether oxygens (including phenoxy) is 1. The van der Waals surface area contributed by atoms with E-state index in [0.717, 1.165) is 0 Å². The van der Waals surface area contributed by atoms with E-state index in [1.807, 2.05) is 20.8 Å². The summed E-state index contributed by atoms with van der Waals surface area (Å²) in [5.74, 6) is 1.44. The van der Waals surface area contributed by atoms with Crippen molar-refractivity contribution in [3.8, 4) is 17.1 Å². The molecular weight excluding hydrogens is 278 g/mol. The van der Waals surface area contributed by atoms with Crippen LogP contribution < -0.4 is 10.5 Å². The first-order valence-electron chi connectivity index (χ1n) is 6.26. The second-order valence-electron chi connectivity index (χ2n) is 5.64. The van der Waals surface area contributed by atoms with Gasteiger partial charge < -0.3 is 15.0 Å². The lowest BCUT2D eigenvalue weighted by atomic mass is 9.87. The average Bonchev–Trinajstić information content (AvgIpc) is 2.85. The molecule has 0 unspecified atom stereocenters. The van der Waals surface area contributed by atoms with Crippen molar-refractivity contribution in [2.75, 3.05) is 7.11 Å². The van der Waals surface area contributed by atoms with Gasteiger partial charge in [0.05, 0.1) is 18.7 Å². The number of hydrogen-bond acceptors (Lipinski definition) is 5. The van der Waals surface area contributed by atoms with Crippen molar-refractivity contribution in [2.24, 2.45) is 11.1 Å². The van der Waals surface area contributed by atoms with Crippen molar-refractivity contribution in [1.29, 1.82) is 0 Å². The molecule has 0 aliphatic heterocycles. The first-order valence-corrected chi connectivity index (χ1v) is 6.64. The Morgan fingerprint density at radius 1 is 1.35 bits per heavy atom. The summed E-state index contributed by atoms with van der Waals surface area (Å²) in [6.07, 6.45) is 0. The van der Waals surface area contributed by atoms with E-state index in [1.54, 1.807) is 25.3 Å². The van der Waals surface area contributed by atoms with E-state index < -0.39 is 0 Å². The molecule has 0 saturated carbocycles. The van der Waals surface area contributed by atoms with Crippen LogP contribution in [0.15, 0.2) is 22.7 Å². The van der Waals surface area contributed by atoms with Crippen molar-refractivity contribution in [1.82, 2.24) is 10.1 Å². The molecule has 1 heterocycles. The van der Waals surface area contributed by atoms with Crippen LogP contribution in [-0.2, 0) is 0 Å². The van der Waals surface area contributed by atoms with E-state index >= 15 is 0 Å². The summed E-state index contributed by atoms with van der Waals surface area (Å²) < 4.78 is 10.5. The van der Waals surface area contributed by atoms with Crippen LogP contribution in [0.1, 0.15) is 32.7 Å². The van der Waals surface area contributed by atoms with Crippen molar-refractivity contribution in [2.45, 2.75) is 26.8 Å².